The summed E-state index contributed by atoms with van der Waals surface area (Å²) in [6, 6.07) is 6.16. The number of aromatic nitrogens is 1. The second-order valence-electron chi connectivity index (χ2n) is 5.47. The maximum atomic E-state index is 13.9. The lowest BCUT2D eigenvalue weighted by atomic mass is 10.1. The van der Waals surface area contributed by atoms with Crippen LogP contribution in [-0.4, -0.2) is 30.3 Å². The Morgan fingerprint density at radius 1 is 1.39 bits per heavy atom. The summed E-state index contributed by atoms with van der Waals surface area (Å²) in [5.74, 6) is -0.411. The summed E-state index contributed by atoms with van der Waals surface area (Å²) in [7, 11) is 0. The molecule has 0 aliphatic carbocycles. The van der Waals surface area contributed by atoms with Crippen molar-refractivity contribution < 1.29 is 18.4 Å². The zero-order chi connectivity index (χ0) is 16.8. The van der Waals surface area contributed by atoms with Crippen molar-refractivity contribution in [3.8, 4) is 11.3 Å². The average Bonchev–Trinajstić information content (AvgIpc) is 2.88. The highest BCUT2D eigenvalue weighted by atomic mass is 19.1. The first-order valence-corrected chi connectivity index (χ1v) is 7.61. The summed E-state index contributed by atoms with van der Waals surface area (Å²) in [6.45, 7) is 6.58. The van der Waals surface area contributed by atoms with Gasteiger partial charge in [-0.05, 0) is 39.3 Å². The molecule has 0 unspecified atom stereocenters. The van der Waals surface area contributed by atoms with Gasteiger partial charge in [0.2, 0.25) is 0 Å². The van der Waals surface area contributed by atoms with Gasteiger partial charge in [-0.3, -0.25) is 4.79 Å². The number of benzene rings is 1. The first kappa shape index (κ1) is 17.1. The van der Waals surface area contributed by atoms with E-state index in [1.807, 2.05) is 13.8 Å². The molecule has 0 bridgehead atoms. The van der Waals surface area contributed by atoms with Crippen molar-refractivity contribution in [1.82, 2.24) is 10.5 Å². The lowest BCUT2D eigenvalue weighted by Crippen LogP contribution is -2.26. The summed E-state index contributed by atoms with van der Waals surface area (Å²) in [5, 5.41) is 6.62. The predicted molar refractivity (Wildman–Crippen MR) is 84.7 cm³/mol. The molecule has 1 heterocycles. The normalized spacial score (nSPS) is 11.0. The van der Waals surface area contributed by atoms with E-state index in [9.17, 15) is 9.18 Å². The lowest BCUT2D eigenvalue weighted by molar-refractivity contribution is 0.0757. The molecule has 1 aromatic heterocycles. The number of halogens is 1. The third-order valence-corrected chi connectivity index (χ3v) is 3.28. The van der Waals surface area contributed by atoms with Crippen LogP contribution in [-0.2, 0) is 4.74 Å². The quantitative estimate of drug-likeness (QED) is 0.795. The van der Waals surface area contributed by atoms with Crippen LogP contribution in [0.5, 0.6) is 0 Å². The molecule has 2 rings (SSSR count). The number of hydrogen-bond acceptors (Lipinski definition) is 4. The Morgan fingerprint density at radius 3 is 2.83 bits per heavy atom. The van der Waals surface area contributed by atoms with Crippen molar-refractivity contribution >= 4 is 5.91 Å². The molecule has 2 aromatic rings. The van der Waals surface area contributed by atoms with E-state index in [0.717, 1.165) is 0 Å². The molecular weight excluding hydrogens is 299 g/mol. The van der Waals surface area contributed by atoms with Crippen LogP contribution in [0.25, 0.3) is 11.3 Å². The van der Waals surface area contributed by atoms with Gasteiger partial charge in [-0.1, -0.05) is 17.3 Å². The highest BCUT2D eigenvalue weighted by molar-refractivity contribution is 6.00. The van der Waals surface area contributed by atoms with Gasteiger partial charge in [-0.25, -0.2) is 4.39 Å². The fraction of sp³-hybridized carbons (Fsp3) is 0.412. The van der Waals surface area contributed by atoms with Crippen LogP contribution >= 0.6 is 0 Å². The number of carbonyl (C=O) groups is 1. The van der Waals surface area contributed by atoms with E-state index in [1.165, 1.54) is 6.07 Å². The molecule has 5 nitrogen and oxygen atoms in total. The van der Waals surface area contributed by atoms with Crippen molar-refractivity contribution in [2.24, 2.45) is 0 Å². The molecule has 0 saturated heterocycles. The molecule has 0 spiro atoms. The first-order valence-electron chi connectivity index (χ1n) is 7.61. The molecule has 0 radical (unpaired) electrons. The molecular formula is C17H21FN2O3. The summed E-state index contributed by atoms with van der Waals surface area (Å²) in [5.41, 5.74) is 0.731. The topological polar surface area (TPSA) is 64.4 Å². The third kappa shape index (κ3) is 4.39. The minimum Gasteiger partial charge on any atom is -0.379 e. The Labute approximate surface area is 134 Å². The van der Waals surface area contributed by atoms with Crippen LogP contribution in [0.2, 0.25) is 0 Å². The fourth-order valence-electron chi connectivity index (χ4n) is 2.16. The highest BCUT2D eigenvalue weighted by Gasteiger charge is 2.23. The minimum absolute atomic E-state index is 0.165. The molecule has 124 valence electrons. The van der Waals surface area contributed by atoms with E-state index in [-0.39, 0.29) is 28.8 Å². The largest absolute Gasteiger partial charge is 0.379 e. The van der Waals surface area contributed by atoms with Gasteiger partial charge in [0.25, 0.3) is 5.91 Å². The molecule has 0 aliphatic heterocycles. The van der Waals surface area contributed by atoms with Gasteiger partial charge in [-0.15, -0.1) is 0 Å². The molecule has 23 heavy (non-hydrogen) atoms. The number of hydrogen-bond donors (Lipinski definition) is 1. The molecule has 0 saturated carbocycles. The highest BCUT2D eigenvalue weighted by Crippen LogP contribution is 2.27. The number of nitrogens with one attached hydrogen (secondary N) is 1. The van der Waals surface area contributed by atoms with E-state index in [0.29, 0.717) is 25.3 Å². The van der Waals surface area contributed by atoms with Crippen LogP contribution in [0.3, 0.4) is 0 Å². The van der Waals surface area contributed by atoms with Crippen molar-refractivity contribution in [3.63, 3.8) is 0 Å². The lowest BCUT2D eigenvalue weighted by Gasteiger charge is -2.08. The van der Waals surface area contributed by atoms with E-state index < -0.39 is 5.82 Å². The molecule has 1 N–H and O–H groups in total. The number of amides is 1. The fourth-order valence-corrected chi connectivity index (χ4v) is 2.16. The average molecular weight is 320 g/mol. The van der Waals surface area contributed by atoms with E-state index in [4.69, 9.17) is 9.26 Å². The Bertz CT molecular complexity index is 668. The van der Waals surface area contributed by atoms with E-state index >= 15 is 0 Å². The zero-order valence-electron chi connectivity index (χ0n) is 13.6. The van der Waals surface area contributed by atoms with Gasteiger partial charge in [0, 0.05) is 18.7 Å². The summed E-state index contributed by atoms with van der Waals surface area (Å²) in [6.07, 6.45) is 0.863. The van der Waals surface area contributed by atoms with Crippen LogP contribution in [0.1, 0.15) is 36.4 Å². The summed E-state index contributed by atoms with van der Waals surface area (Å²) in [4.78, 5) is 12.4. The van der Waals surface area contributed by atoms with Gasteiger partial charge in [0.1, 0.15) is 22.8 Å². The number of aryl methyl sites for hydroxylation is 1. The molecule has 0 atom stereocenters. The third-order valence-electron chi connectivity index (χ3n) is 3.28. The Kier molecular flexibility index (Phi) is 5.87. The molecule has 0 fully saturated rings. The predicted octanol–water partition coefficient (Wildman–Crippen LogP) is 3.33. The number of rotatable bonds is 7. The molecule has 6 heteroatoms. The minimum atomic E-state index is -0.444. The maximum absolute atomic E-state index is 13.9. The van der Waals surface area contributed by atoms with E-state index in [2.05, 4.69) is 10.5 Å². The smallest absolute Gasteiger partial charge is 0.257 e. The van der Waals surface area contributed by atoms with Crippen molar-refractivity contribution in [3.05, 3.63) is 41.4 Å². The summed E-state index contributed by atoms with van der Waals surface area (Å²) >= 11 is 0. The Balaban J connectivity index is 2.07. The monoisotopic (exact) mass is 320 g/mol. The van der Waals surface area contributed by atoms with Crippen LogP contribution < -0.4 is 5.32 Å². The number of nitrogens with zero attached hydrogens (tertiary/aromatic N) is 1. The molecule has 1 aromatic carbocycles. The van der Waals surface area contributed by atoms with Gasteiger partial charge >= 0.3 is 0 Å². The second-order valence-corrected chi connectivity index (χ2v) is 5.47. The van der Waals surface area contributed by atoms with Gasteiger partial charge in [-0.2, -0.15) is 0 Å². The van der Waals surface area contributed by atoms with Gasteiger partial charge in [0.15, 0.2) is 0 Å². The summed E-state index contributed by atoms with van der Waals surface area (Å²) < 4.78 is 24.4. The maximum Gasteiger partial charge on any atom is 0.257 e. The Morgan fingerprint density at radius 2 is 2.13 bits per heavy atom. The second kappa shape index (κ2) is 7.87. The Hall–Kier alpha value is -2.21. The van der Waals surface area contributed by atoms with Gasteiger partial charge in [0.05, 0.1) is 6.10 Å². The van der Waals surface area contributed by atoms with Crippen LogP contribution in [0.15, 0.2) is 28.8 Å². The van der Waals surface area contributed by atoms with E-state index in [1.54, 1.807) is 25.1 Å². The van der Waals surface area contributed by atoms with Gasteiger partial charge < -0.3 is 14.6 Å². The van der Waals surface area contributed by atoms with Crippen molar-refractivity contribution in [2.45, 2.75) is 33.3 Å². The zero-order valence-corrected chi connectivity index (χ0v) is 13.6. The first-order chi connectivity index (χ1) is 11.0. The molecule has 1 amide bonds. The number of carbonyl (C=O) groups excluding carboxylic acids is 1. The SMILES string of the molecule is Cc1onc(-c2ccccc2F)c1C(=O)NCCCOC(C)C. The number of ether oxygens (including phenoxy) is 1. The van der Waals surface area contributed by atoms with Crippen molar-refractivity contribution in [1.29, 1.82) is 0 Å². The van der Waals surface area contributed by atoms with Crippen LogP contribution in [0.4, 0.5) is 4.39 Å². The molecule has 0 aliphatic rings. The van der Waals surface area contributed by atoms with Crippen LogP contribution in [0, 0.1) is 12.7 Å². The standard InChI is InChI=1S/C17H21FN2O3/c1-11(2)22-10-6-9-19-17(21)15-12(3)23-20-16(15)13-7-4-5-8-14(13)18/h4-5,7-8,11H,6,9-10H2,1-3H3,(H,19,21). The van der Waals surface area contributed by atoms with Crippen molar-refractivity contribution in [2.75, 3.05) is 13.2 Å².